The lowest BCUT2D eigenvalue weighted by molar-refractivity contribution is -0.140. The van der Waals surface area contributed by atoms with Crippen molar-refractivity contribution in [1.82, 2.24) is 9.62 Å². The van der Waals surface area contributed by atoms with Gasteiger partial charge in [-0.1, -0.05) is 35.9 Å². The van der Waals surface area contributed by atoms with Gasteiger partial charge < -0.3 is 19.6 Å². The van der Waals surface area contributed by atoms with E-state index in [1.165, 1.54) is 0 Å². The molecule has 3 atom stereocenters. The lowest BCUT2D eigenvalue weighted by atomic mass is 9.97. The Morgan fingerprint density at radius 2 is 1.71 bits per heavy atom. The molecule has 8 nitrogen and oxygen atoms in total. The molecule has 0 unspecified atom stereocenters. The zero-order valence-electron chi connectivity index (χ0n) is 19.5. The Balaban J connectivity index is 1.28. The second-order valence-corrected chi connectivity index (χ2v) is 10.7. The highest BCUT2D eigenvalue weighted by molar-refractivity contribution is 7.89. The number of amides is 1. The highest BCUT2D eigenvalue weighted by Crippen LogP contribution is 2.25. The normalized spacial score (nSPS) is 23.6. The van der Waals surface area contributed by atoms with E-state index in [-0.39, 0.29) is 29.9 Å². The van der Waals surface area contributed by atoms with Crippen molar-refractivity contribution in [2.24, 2.45) is 0 Å². The Labute approximate surface area is 201 Å². The summed E-state index contributed by atoms with van der Waals surface area (Å²) in [5.41, 5.74) is 2.14. The van der Waals surface area contributed by atoms with Crippen molar-refractivity contribution in [2.75, 3.05) is 37.7 Å². The zero-order valence-corrected chi connectivity index (χ0v) is 20.3. The van der Waals surface area contributed by atoms with E-state index in [1.54, 1.807) is 24.3 Å². The monoisotopic (exact) mass is 487 g/mol. The van der Waals surface area contributed by atoms with Gasteiger partial charge in [-0.05, 0) is 44.0 Å². The first-order valence-electron chi connectivity index (χ1n) is 11.8. The van der Waals surface area contributed by atoms with Crippen molar-refractivity contribution >= 4 is 21.6 Å². The van der Waals surface area contributed by atoms with Crippen LogP contribution in [0.25, 0.3) is 0 Å². The maximum Gasteiger partial charge on any atom is 0.240 e. The SMILES string of the molecule is Cc1ccc(S(=O)(=O)N[C@@H]2CC[C@@H](CC(=O)N3CCN(c4ccccc4)CC3)O[C@H]2CO)cc1. The average molecular weight is 488 g/mol. The summed E-state index contributed by atoms with van der Waals surface area (Å²) in [5, 5.41) is 9.84. The fraction of sp³-hybridized carbons (Fsp3) is 0.480. The van der Waals surface area contributed by atoms with E-state index in [0.29, 0.717) is 25.9 Å². The number of nitrogens with zero attached hydrogens (tertiary/aromatic N) is 2. The van der Waals surface area contributed by atoms with E-state index in [2.05, 4.69) is 21.8 Å². The van der Waals surface area contributed by atoms with Crippen LogP contribution in [-0.4, -0.2) is 75.4 Å². The minimum absolute atomic E-state index is 0.0353. The number of benzene rings is 2. The molecule has 0 aliphatic carbocycles. The first-order valence-corrected chi connectivity index (χ1v) is 13.3. The summed E-state index contributed by atoms with van der Waals surface area (Å²) < 4.78 is 34.2. The third-order valence-corrected chi connectivity index (χ3v) is 8.10. The van der Waals surface area contributed by atoms with Crippen LogP contribution < -0.4 is 9.62 Å². The summed E-state index contributed by atoms with van der Waals surface area (Å²) in [6.45, 7) is 4.45. The molecule has 4 rings (SSSR count). The number of rotatable bonds is 7. The number of sulfonamides is 1. The predicted molar refractivity (Wildman–Crippen MR) is 130 cm³/mol. The van der Waals surface area contributed by atoms with E-state index in [4.69, 9.17) is 4.74 Å². The summed E-state index contributed by atoms with van der Waals surface area (Å²) in [4.78, 5) is 17.2. The van der Waals surface area contributed by atoms with Gasteiger partial charge in [-0.15, -0.1) is 0 Å². The highest BCUT2D eigenvalue weighted by atomic mass is 32.2. The summed E-state index contributed by atoms with van der Waals surface area (Å²) >= 11 is 0. The fourth-order valence-corrected chi connectivity index (χ4v) is 5.88. The third-order valence-electron chi connectivity index (χ3n) is 6.59. The van der Waals surface area contributed by atoms with Gasteiger partial charge in [-0.2, -0.15) is 0 Å². The molecular formula is C25H33N3O5S. The molecule has 0 bridgehead atoms. The van der Waals surface area contributed by atoms with Crippen molar-refractivity contribution in [3.05, 3.63) is 60.2 Å². The molecule has 34 heavy (non-hydrogen) atoms. The number of piperazine rings is 1. The molecule has 2 aliphatic rings. The Kier molecular flexibility index (Phi) is 7.88. The number of aryl methyl sites for hydroxylation is 1. The van der Waals surface area contributed by atoms with Crippen LogP contribution in [0.3, 0.4) is 0 Å². The summed E-state index contributed by atoms with van der Waals surface area (Å²) in [6, 6.07) is 16.2. The zero-order chi connectivity index (χ0) is 24.1. The highest BCUT2D eigenvalue weighted by Gasteiger charge is 2.35. The molecule has 2 heterocycles. The Morgan fingerprint density at radius 1 is 1.03 bits per heavy atom. The van der Waals surface area contributed by atoms with E-state index >= 15 is 0 Å². The number of ether oxygens (including phenoxy) is 1. The number of anilines is 1. The van der Waals surface area contributed by atoms with Crippen LogP contribution in [0, 0.1) is 6.92 Å². The summed E-state index contributed by atoms with van der Waals surface area (Å²) in [6.07, 6.45) is 0.251. The van der Waals surface area contributed by atoms with Gasteiger partial charge in [0.15, 0.2) is 0 Å². The van der Waals surface area contributed by atoms with E-state index in [0.717, 1.165) is 24.3 Å². The number of para-hydroxylation sites is 1. The van der Waals surface area contributed by atoms with Crippen molar-refractivity contribution in [3.63, 3.8) is 0 Å². The lowest BCUT2D eigenvalue weighted by Gasteiger charge is -2.38. The minimum Gasteiger partial charge on any atom is -0.394 e. The maximum atomic E-state index is 12.9. The van der Waals surface area contributed by atoms with Crippen LogP contribution in [0.4, 0.5) is 5.69 Å². The second-order valence-electron chi connectivity index (χ2n) is 9.00. The molecule has 0 aromatic heterocycles. The number of hydrogen-bond donors (Lipinski definition) is 2. The molecule has 9 heteroatoms. The van der Waals surface area contributed by atoms with Gasteiger partial charge in [0.05, 0.1) is 36.2 Å². The quantitative estimate of drug-likeness (QED) is 0.619. The largest absolute Gasteiger partial charge is 0.394 e. The van der Waals surface area contributed by atoms with Crippen LogP contribution in [0.2, 0.25) is 0 Å². The number of carbonyl (C=O) groups is 1. The van der Waals surface area contributed by atoms with Crippen LogP contribution >= 0.6 is 0 Å². The first-order chi connectivity index (χ1) is 16.4. The Hall–Kier alpha value is -2.46. The van der Waals surface area contributed by atoms with Crippen LogP contribution in [0.1, 0.15) is 24.8 Å². The van der Waals surface area contributed by atoms with E-state index < -0.39 is 22.2 Å². The van der Waals surface area contributed by atoms with Gasteiger partial charge in [-0.3, -0.25) is 4.79 Å². The Bertz CT molecular complexity index is 1050. The van der Waals surface area contributed by atoms with Gasteiger partial charge in [0, 0.05) is 31.9 Å². The molecule has 2 saturated heterocycles. The number of aliphatic hydroxyl groups is 1. The van der Waals surface area contributed by atoms with Crippen molar-refractivity contribution in [1.29, 1.82) is 0 Å². The van der Waals surface area contributed by atoms with Crippen molar-refractivity contribution < 1.29 is 23.1 Å². The Morgan fingerprint density at radius 3 is 2.35 bits per heavy atom. The minimum atomic E-state index is -3.73. The fourth-order valence-electron chi connectivity index (χ4n) is 4.58. The standard InChI is InChI=1S/C25H33N3O5S/c1-19-7-10-22(11-8-19)34(31,32)26-23-12-9-21(33-24(23)18-29)17-25(30)28-15-13-27(14-16-28)20-5-3-2-4-6-20/h2-8,10-11,21,23-24,26,29H,9,12-18H2,1H3/t21-,23+,24-/m0/s1. The molecule has 2 fully saturated rings. The van der Waals surface area contributed by atoms with Crippen molar-refractivity contribution in [2.45, 2.75) is 49.3 Å². The second kappa shape index (κ2) is 10.9. The van der Waals surface area contributed by atoms with E-state index in [1.807, 2.05) is 30.0 Å². The summed E-state index contributed by atoms with van der Waals surface area (Å²) in [5.74, 6) is 0.0353. The van der Waals surface area contributed by atoms with Gasteiger partial charge in [-0.25, -0.2) is 13.1 Å². The number of aliphatic hydroxyl groups excluding tert-OH is 1. The molecular weight excluding hydrogens is 454 g/mol. The number of carbonyl (C=O) groups excluding carboxylic acids is 1. The average Bonchev–Trinajstić information content (AvgIpc) is 2.85. The molecule has 2 aromatic rings. The first kappa shape index (κ1) is 24.7. The van der Waals surface area contributed by atoms with Gasteiger partial charge in [0.1, 0.15) is 0 Å². The molecule has 184 valence electrons. The summed E-state index contributed by atoms with van der Waals surface area (Å²) in [7, 11) is -3.73. The number of nitrogens with one attached hydrogen (secondary N) is 1. The molecule has 0 radical (unpaired) electrons. The van der Waals surface area contributed by atoms with E-state index in [9.17, 15) is 18.3 Å². The number of hydrogen-bond acceptors (Lipinski definition) is 6. The smallest absolute Gasteiger partial charge is 0.240 e. The molecule has 2 aromatic carbocycles. The van der Waals surface area contributed by atoms with Crippen LogP contribution in [0.15, 0.2) is 59.5 Å². The topological polar surface area (TPSA) is 99.2 Å². The van der Waals surface area contributed by atoms with Gasteiger partial charge in [0.25, 0.3) is 0 Å². The molecule has 0 spiro atoms. The molecule has 1 amide bonds. The third kappa shape index (κ3) is 5.96. The van der Waals surface area contributed by atoms with Gasteiger partial charge in [0.2, 0.25) is 15.9 Å². The van der Waals surface area contributed by atoms with Crippen molar-refractivity contribution in [3.8, 4) is 0 Å². The predicted octanol–water partition coefficient (Wildman–Crippen LogP) is 1.92. The lowest BCUT2D eigenvalue weighted by Crippen LogP contribution is -2.52. The van der Waals surface area contributed by atoms with Crippen LogP contribution in [-0.2, 0) is 19.6 Å². The molecule has 2 N–H and O–H groups in total. The maximum absolute atomic E-state index is 12.9. The molecule has 0 saturated carbocycles. The van der Waals surface area contributed by atoms with Crippen LogP contribution in [0.5, 0.6) is 0 Å². The molecule has 2 aliphatic heterocycles. The van der Waals surface area contributed by atoms with Gasteiger partial charge >= 0.3 is 0 Å².